The average Bonchev–Trinajstić information content (AvgIpc) is 2.55. The van der Waals surface area contributed by atoms with Crippen molar-refractivity contribution in [3.05, 3.63) is 35.9 Å². The van der Waals surface area contributed by atoms with Gasteiger partial charge in [0.05, 0.1) is 6.54 Å². The zero-order valence-electron chi connectivity index (χ0n) is 12.9. The van der Waals surface area contributed by atoms with E-state index in [4.69, 9.17) is 0 Å². The molecule has 0 saturated heterocycles. The zero-order valence-corrected chi connectivity index (χ0v) is 13.7. The number of nitrogens with one attached hydrogen (secondary N) is 2. The van der Waals surface area contributed by atoms with Gasteiger partial charge in [-0.15, -0.1) is 0 Å². The van der Waals surface area contributed by atoms with E-state index in [-0.39, 0.29) is 5.91 Å². The van der Waals surface area contributed by atoms with Crippen molar-refractivity contribution >= 4 is 17.7 Å². The van der Waals surface area contributed by atoms with E-state index in [0.717, 1.165) is 12.1 Å². The van der Waals surface area contributed by atoms with Gasteiger partial charge in [-0.1, -0.05) is 49.6 Å². The second-order valence-electron chi connectivity index (χ2n) is 5.81. The fourth-order valence-corrected chi connectivity index (χ4v) is 3.86. The SMILES string of the molecule is CSC1(CNCC(=O)NCc2ccccc2)CCCCC1. The second kappa shape index (κ2) is 8.44. The highest BCUT2D eigenvalue weighted by atomic mass is 32.2. The molecule has 0 heterocycles. The maximum atomic E-state index is 11.9. The standard InChI is InChI=1S/C17H26N2OS/c1-21-17(10-6-3-7-11-17)14-18-13-16(20)19-12-15-8-4-2-5-9-15/h2,4-5,8-9,18H,3,6-7,10-14H2,1H3,(H,19,20). The van der Waals surface area contributed by atoms with Gasteiger partial charge >= 0.3 is 0 Å². The maximum Gasteiger partial charge on any atom is 0.234 e. The molecule has 1 fully saturated rings. The number of rotatable bonds is 7. The topological polar surface area (TPSA) is 41.1 Å². The van der Waals surface area contributed by atoms with Crippen LogP contribution in [0.2, 0.25) is 0 Å². The molecule has 3 nitrogen and oxygen atoms in total. The number of hydrogen-bond acceptors (Lipinski definition) is 3. The van der Waals surface area contributed by atoms with Crippen LogP contribution in [-0.4, -0.2) is 30.0 Å². The largest absolute Gasteiger partial charge is 0.351 e. The molecule has 2 N–H and O–H groups in total. The van der Waals surface area contributed by atoms with Gasteiger partial charge in [0.25, 0.3) is 0 Å². The molecule has 1 aromatic carbocycles. The summed E-state index contributed by atoms with van der Waals surface area (Å²) in [6.45, 7) is 1.96. The number of benzene rings is 1. The zero-order chi connectivity index (χ0) is 15.0. The second-order valence-corrected chi connectivity index (χ2v) is 7.09. The lowest BCUT2D eigenvalue weighted by molar-refractivity contribution is -0.120. The van der Waals surface area contributed by atoms with Gasteiger partial charge in [0.15, 0.2) is 0 Å². The van der Waals surface area contributed by atoms with Gasteiger partial charge in [-0.05, 0) is 24.7 Å². The smallest absolute Gasteiger partial charge is 0.234 e. The minimum atomic E-state index is 0.0749. The first kappa shape index (κ1) is 16.4. The molecule has 0 atom stereocenters. The Morgan fingerprint density at radius 2 is 1.90 bits per heavy atom. The van der Waals surface area contributed by atoms with E-state index in [0.29, 0.717) is 17.8 Å². The summed E-state index contributed by atoms with van der Waals surface area (Å²) < 4.78 is 0.345. The van der Waals surface area contributed by atoms with Crippen LogP contribution in [0.15, 0.2) is 30.3 Å². The molecular formula is C17H26N2OS. The van der Waals surface area contributed by atoms with Crippen LogP contribution in [0, 0.1) is 0 Å². The minimum Gasteiger partial charge on any atom is -0.351 e. The Labute approximate surface area is 132 Å². The van der Waals surface area contributed by atoms with E-state index in [9.17, 15) is 4.79 Å². The number of carbonyl (C=O) groups excluding carboxylic acids is 1. The summed E-state index contributed by atoms with van der Waals surface area (Å²) in [6.07, 6.45) is 8.74. The van der Waals surface area contributed by atoms with Gasteiger partial charge in [-0.3, -0.25) is 4.79 Å². The molecule has 1 aliphatic carbocycles. The summed E-state index contributed by atoms with van der Waals surface area (Å²) >= 11 is 1.96. The molecule has 0 spiro atoms. The summed E-state index contributed by atoms with van der Waals surface area (Å²) in [7, 11) is 0. The van der Waals surface area contributed by atoms with Crippen LogP contribution in [0.3, 0.4) is 0 Å². The average molecular weight is 306 g/mol. The van der Waals surface area contributed by atoms with Crippen molar-refractivity contribution in [2.24, 2.45) is 0 Å². The van der Waals surface area contributed by atoms with Crippen molar-refractivity contribution in [3.8, 4) is 0 Å². The minimum absolute atomic E-state index is 0.0749. The van der Waals surface area contributed by atoms with Crippen molar-refractivity contribution in [1.29, 1.82) is 0 Å². The highest BCUT2D eigenvalue weighted by Gasteiger charge is 2.30. The van der Waals surface area contributed by atoms with Crippen LogP contribution in [0.1, 0.15) is 37.7 Å². The molecule has 1 aliphatic rings. The van der Waals surface area contributed by atoms with E-state index in [1.807, 2.05) is 42.1 Å². The molecule has 1 saturated carbocycles. The van der Waals surface area contributed by atoms with Crippen molar-refractivity contribution < 1.29 is 4.79 Å². The lowest BCUT2D eigenvalue weighted by atomic mass is 9.88. The fourth-order valence-electron chi connectivity index (χ4n) is 2.91. The first-order valence-electron chi connectivity index (χ1n) is 7.81. The Bertz CT molecular complexity index is 430. The highest BCUT2D eigenvalue weighted by Crippen LogP contribution is 2.37. The summed E-state index contributed by atoms with van der Waals surface area (Å²) in [5.74, 6) is 0.0749. The predicted molar refractivity (Wildman–Crippen MR) is 90.5 cm³/mol. The quantitative estimate of drug-likeness (QED) is 0.814. The Morgan fingerprint density at radius 3 is 2.57 bits per heavy atom. The van der Waals surface area contributed by atoms with Crippen LogP contribution in [0.4, 0.5) is 0 Å². The molecule has 21 heavy (non-hydrogen) atoms. The van der Waals surface area contributed by atoms with Crippen molar-refractivity contribution in [2.75, 3.05) is 19.3 Å². The third kappa shape index (κ3) is 5.36. The lowest BCUT2D eigenvalue weighted by Gasteiger charge is -2.36. The van der Waals surface area contributed by atoms with Gasteiger partial charge in [-0.2, -0.15) is 11.8 Å². The monoisotopic (exact) mass is 306 g/mol. The van der Waals surface area contributed by atoms with Crippen LogP contribution in [-0.2, 0) is 11.3 Å². The third-order valence-corrected chi connectivity index (χ3v) is 5.68. The van der Waals surface area contributed by atoms with Crippen molar-refractivity contribution in [2.45, 2.75) is 43.4 Å². The lowest BCUT2D eigenvalue weighted by Crippen LogP contribution is -2.43. The van der Waals surface area contributed by atoms with E-state index in [1.54, 1.807) is 0 Å². The Kier molecular flexibility index (Phi) is 6.58. The highest BCUT2D eigenvalue weighted by molar-refractivity contribution is 8.00. The van der Waals surface area contributed by atoms with Crippen molar-refractivity contribution in [3.63, 3.8) is 0 Å². The molecular weight excluding hydrogens is 280 g/mol. The van der Waals surface area contributed by atoms with Crippen LogP contribution < -0.4 is 10.6 Å². The van der Waals surface area contributed by atoms with Gasteiger partial charge in [0.2, 0.25) is 5.91 Å². The van der Waals surface area contributed by atoms with Gasteiger partial charge < -0.3 is 10.6 Å². The molecule has 4 heteroatoms. The maximum absolute atomic E-state index is 11.9. The van der Waals surface area contributed by atoms with E-state index in [2.05, 4.69) is 16.9 Å². The Morgan fingerprint density at radius 1 is 1.19 bits per heavy atom. The number of carbonyl (C=O) groups is 1. The summed E-state index contributed by atoms with van der Waals surface area (Å²) in [5, 5.41) is 6.31. The predicted octanol–water partition coefficient (Wildman–Crippen LogP) is 2.96. The van der Waals surface area contributed by atoms with E-state index >= 15 is 0 Å². The van der Waals surface area contributed by atoms with E-state index in [1.165, 1.54) is 32.1 Å². The number of amides is 1. The fraction of sp³-hybridized carbons (Fsp3) is 0.588. The van der Waals surface area contributed by atoms with Crippen molar-refractivity contribution in [1.82, 2.24) is 10.6 Å². The molecule has 1 aromatic rings. The molecule has 0 radical (unpaired) electrons. The molecule has 0 aliphatic heterocycles. The number of hydrogen-bond donors (Lipinski definition) is 2. The molecule has 0 aromatic heterocycles. The van der Waals surface area contributed by atoms with Crippen LogP contribution in [0.5, 0.6) is 0 Å². The van der Waals surface area contributed by atoms with Gasteiger partial charge in [0.1, 0.15) is 0 Å². The van der Waals surface area contributed by atoms with Gasteiger partial charge in [-0.25, -0.2) is 0 Å². The first-order valence-corrected chi connectivity index (χ1v) is 9.03. The molecule has 2 rings (SSSR count). The summed E-state index contributed by atoms with van der Waals surface area (Å²) in [6, 6.07) is 10.0. The number of thioether (sulfide) groups is 1. The molecule has 0 bridgehead atoms. The normalized spacial score (nSPS) is 17.4. The Hall–Kier alpha value is -1.00. The van der Waals surface area contributed by atoms with Gasteiger partial charge in [0, 0.05) is 17.8 Å². The Balaban J connectivity index is 1.66. The molecule has 0 unspecified atom stereocenters. The van der Waals surface area contributed by atoms with Crippen LogP contribution >= 0.6 is 11.8 Å². The molecule has 1 amide bonds. The van der Waals surface area contributed by atoms with Crippen LogP contribution in [0.25, 0.3) is 0 Å². The summed E-state index contributed by atoms with van der Waals surface area (Å²) in [5.41, 5.74) is 1.14. The summed E-state index contributed by atoms with van der Waals surface area (Å²) in [4.78, 5) is 11.9. The molecule has 116 valence electrons. The first-order chi connectivity index (χ1) is 10.2. The third-order valence-electron chi connectivity index (χ3n) is 4.26. The van der Waals surface area contributed by atoms with E-state index < -0.39 is 0 Å².